The quantitative estimate of drug-likeness (QED) is 0.403. The van der Waals surface area contributed by atoms with Gasteiger partial charge in [-0.25, -0.2) is 0 Å². The first-order valence-corrected chi connectivity index (χ1v) is 9.26. The van der Waals surface area contributed by atoms with E-state index in [2.05, 4.69) is 40.6 Å². The average molecular weight is 317 g/mol. The molecule has 0 aliphatic carbocycles. The molecule has 0 atom stereocenters. The van der Waals surface area contributed by atoms with Gasteiger partial charge in [0.05, 0.1) is 13.2 Å². The number of unbranched alkanes of at least 4 members (excludes halogenated alkanes) is 1. The minimum atomic E-state index is 0.111. The first kappa shape index (κ1) is 18.6. The molecule has 1 rings (SSSR count). The third-order valence-corrected chi connectivity index (χ3v) is 4.54. The predicted octanol–water partition coefficient (Wildman–Crippen LogP) is 1.41. The molecule has 0 spiro atoms. The molecule has 0 aromatic heterocycles. The number of hydrogen-bond donors (Lipinski definition) is 2. The van der Waals surface area contributed by atoms with Crippen molar-refractivity contribution in [3.05, 3.63) is 0 Å². The number of rotatable bonds is 8. The van der Waals surface area contributed by atoms with E-state index in [0.29, 0.717) is 0 Å². The molecule has 0 aromatic rings. The summed E-state index contributed by atoms with van der Waals surface area (Å²) in [4.78, 5) is 6.78. The van der Waals surface area contributed by atoms with Crippen LogP contribution in [0.2, 0.25) is 0 Å². The van der Waals surface area contributed by atoms with Crippen LogP contribution in [0.5, 0.6) is 0 Å². The van der Waals surface area contributed by atoms with Crippen LogP contribution in [0.4, 0.5) is 0 Å². The van der Waals surface area contributed by atoms with E-state index in [9.17, 15) is 0 Å². The summed E-state index contributed by atoms with van der Waals surface area (Å²) in [5, 5.41) is 6.84. The fourth-order valence-corrected chi connectivity index (χ4v) is 2.87. The Kier molecular flexibility index (Phi) is 9.11. The maximum Gasteiger partial charge on any atom is 0.191 e. The largest absolute Gasteiger partial charge is 0.379 e. The molecule has 1 aliphatic heterocycles. The van der Waals surface area contributed by atoms with Gasteiger partial charge in [-0.15, -0.1) is 0 Å². The molecule has 1 heterocycles. The van der Waals surface area contributed by atoms with Gasteiger partial charge < -0.3 is 15.4 Å². The number of nitrogens with zero attached hydrogens (tertiary/aromatic N) is 2. The molecular weight excluding hydrogens is 284 g/mol. The van der Waals surface area contributed by atoms with Crippen molar-refractivity contribution in [3.8, 4) is 0 Å². The van der Waals surface area contributed by atoms with Gasteiger partial charge in [0.1, 0.15) is 0 Å². The van der Waals surface area contributed by atoms with E-state index in [-0.39, 0.29) is 5.54 Å². The minimum absolute atomic E-state index is 0.111. The van der Waals surface area contributed by atoms with Crippen molar-refractivity contribution >= 4 is 17.7 Å². The lowest BCUT2D eigenvalue weighted by molar-refractivity contribution is -0.00833. The maximum absolute atomic E-state index is 5.43. The van der Waals surface area contributed by atoms with Crippen molar-refractivity contribution in [2.24, 2.45) is 4.99 Å². The SMILES string of the molecule is CN=C(NCCCCSC)NCC(C)(C)N1CCOCC1. The van der Waals surface area contributed by atoms with Crippen LogP contribution >= 0.6 is 11.8 Å². The summed E-state index contributed by atoms with van der Waals surface area (Å²) in [6.07, 6.45) is 4.60. The molecule has 1 saturated heterocycles. The molecule has 0 amide bonds. The van der Waals surface area contributed by atoms with Crippen LogP contribution in [0.1, 0.15) is 26.7 Å². The fraction of sp³-hybridized carbons (Fsp3) is 0.933. The highest BCUT2D eigenvalue weighted by Crippen LogP contribution is 2.14. The number of ether oxygens (including phenoxy) is 1. The number of morpholine rings is 1. The Labute approximate surface area is 134 Å². The third-order valence-electron chi connectivity index (χ3n) is 3.85. The molecule has 124 valence electrons. The molecule has 0 saturated carbocycles. The Morgan fingerprint density at radius 2 is 1.95 bits per heavy atom. The lowest BCUT2D eigenvalue weighted by Crippen LogP contribution is -2.56. The highest BCUT2D eigenvalue weighted by Gasteiger charge is 2.28. The van der Waals surface area contributed by atoms with Gasteiger partial charge in [-0.05, 0) is 38.7 Å². The summed E-state index contributed by atoms with van der Waals surface area (Å²) < 4.78 is 5.43. The summed E-state index contributed by atoms with van der Waals surface area (Å²) >= 11 is 1.91. The number of thioether (sulfide) groups is 1. The van der Waals surface area contributed by atoms with E-state index in [1.165, 1.54) is 18.6 Å². The normalized spacial score (nSPS) is 17.8. The Hall–Kier alpha value is -0.460. The van der Waals surface area contributed by atoms with Gasteiger partial charge in [0.2, 0.25) is 0 Å². The van der Waals surface area contributed by atoms with Gasteiger partial charge in [-0.2, -0.15) is 11.8 Å². The van der Waals surface area contributed by atoms with Gasteiger partial charge in [0.15, 0.2) is 5.96 Å². The van der Waals surface area contributed by atoms with Crippen LogP contribution in [0.3, 0.4) is 0 Å². The topological polar surface area (TPSA) is 48.9 Å². The highest BCUT2D eigenvalue weighted by molar-refractivity contribution is 7.98. The molecule has 0 radical (unpaired) electrons. The second-order valence-corrected chi connectivity index (χ2v) is 6.95. The molecule has 21 heavy (non-hydrogen) atoms. The average Bonchev–Trinajstić information content (AvgIpc) is 2.51. The van der Waals surface area contributed by atoms with Crippen LogP contribution in [-0.2, 0) is 4.74 Å². The number of guanidine groups is 1. The maximum atomic E-state index is 5.43. The minimum Gasteiger partial charge on any atom is -0.379 e. The Morgan fingerprint density at radius 1 is 1.24 bits per heavy atom. The smallest absolute Gasteiger partial charge is 0.191 e. The zero-order valence-electron chi connectivity index (χ0n) is 14.1. The summed E-state index contributed by atoms with van der Waals surface area (Å²) in [5.41, 5.74) is 0.111. The molecule has 5 nitrogen and oxygen atoms in total. The first-order chi connectivity index (χ1) is 10.1. The van der Waals surface area contributed by atoms with E-state index in [0.717, 1.165) is 45.4 Å². The second kappa shape index (κ2) is 10.3. The second-order valence-electron chi connectivity index (χ2n) is 5.96. The van der Waals surface area contributed by atoms with Crippen LogP contribution in [0.25, 0.3) is 0 Å². The zero-order valence-corrected chi connectivity index (χ0v) is 14.9. The van der Waals surface area contributed by atoms with E-state index < -0.39 is 0 Å². The molecule has 1 fully saturated rings. The van der Waals surface area contributed by atoms with Crippen LogP contribution in [0, 0.1) is 0 Å². The fourth-order valence-electron chi connectivity index (χ4n) is 2.38. The molecule has 6 heteroatoms. The van der Waals surface area contributed by atoms with Crippen LogP contribution in [-0.4, -0.2) is 74.8 Å². The summed E-state index contributed by atoms with van der Waals surface area (Å²) in [7, 11) is 1.83. The Bertz CT molecular complexity index is 304. The van der Waals surface area contributed by atoms with Gasteiger partial charge in [0, 0.05) is 38.8 Å². The highest BCUT2D eigenvalue weighted by atomic mass is 32.2. The number of nitrogens with one attached hydrogen (secondary N) is 2. The van der Waals surface area contributed by atoms with Gasteiger partial charge in [-0.1, -0.05) is 0 Å². The lowest BCUT2D eigenvalue weighted by Gasteiger charge is -2.41. The summed E-state index contributed by atoms with van der Waals surface area (Å²) in [5.74, 6) is 2.14. The van der Waals surface area contributed by atoms with Crippen molar-refractivity contribution in [2.45, 2.75) is 32.2 Å². The van der Waals surface area contributed by atoms with E-state index in [1.54, 1.807) is 0 Å². The predicted molar refractivity (Wildman–Crippen MR) is 93.5 cm³/mol. The van der Waals surface area contributed by atoms with Gasteiger partial charge in [0.25, 0.3) is 0 Å². The van der Waals surface area contributed by atoms with Gasteiger partial charge in [-0.3, -0.25) is 9.89 Å². The third kappa shape index (κ3) is 7.38. The van der Waals surface area contributed by atoms with E-state index in [4.69, 9.17) is 4.74 Å². The van der Waals surface area contributed by atoms with Crippen molar-refractivity contribution in [1.82, 2.24) is 15.5 Å². The molecule has 2 N–H and O–H groups in total. The number of hydrogen-bond acceptors (Lipinski definition) is 4. The van der Waals surface area contributed by atoms with Crippen molar-refractivity contribution in [1.29, 1.82) is 0 Å². The van der Waals surface area contributed by atoms with Crippen LogP contribution in [0.15, 0.2) is 4.99 Å². The summed E-state index contributed by atoms with van der Waals surface area (Å²) in [6.45, 7) is 10.1. The zero-order chi connectivity index (χ0) is 15.6. The first-order valence-electron chi connectivity index (χ1n) is 7.86. The monoisotopic (exact) mass is 316 g/mol. The number of aliphatic imine (C=N–C) groups is 1. The van der Waals surface area contributed by atoms with Crippen molar-refractivity contribution in [3.63, 3.8) is 0 Å². The van der Waals surface area contributed by atoms with E-state index >= 15 is 0 Å². The lowest BCUT2D eigenvalue weighted by atomic mass is 10.0. The molecule has 0 aromatic carbocycles. The Balaban J connectivity index is 2.26. The molecule has 0 bridgehead atoms. The van der Waals surface area contributed by atoms with Crippen molar-refractivity contribution < 1.29 is 4.74 Å². The molecule has 1 aliphatic rings. The standard InChI is InChI=1S/C15H32N4OS/c1-15(2,19-8-10-20-11-9-19)13-18-14(16-3)17-7-5-6-12-21-4/h5-13H2,1-4H3,(H2,16,17,18). The van der Waals surface area contributed by atoms with E-state index in [1.807, 2.05) is 18.8 Å². The van der Waals surface area contributed by atoms with Gasteiger partial charge >= 0.3 is 0 Å². The Morgan fingerprint density at radius 3 is 2.57 bits per heavy atom. The summed E-state index contributed by atoms with van der Waals surface area (Å²) in [6, 6.07) is 0. The molecule has 0 unspecified atom stereocenters. The molecular formula is C15H32N4OS. The van der Waals surface area contributed by atoms with Crippen LogP contribution < -0.4 is 10.6 Å². The van der Waals surface area contributed by atoms with Crippen molar-refractivity contribution in [2.75, 3.05) is 58.4 Å².